The van der Waals surface area contributed by atoms with Crippen LogP contribution in [0.3, 0.4) is 0 Å². The molecule has 0 unspecified atom stereocenters. The molecule has 3 aromatic rings. The molecule has 0 bridgehead atoms. The number of aromatic nitrogens is 3. The lowest BCUT2D eigenvalue weighted by Gasteiger charge is -2.07. The van der Waals surface area contributed by atoms with Crippen molar-refractivity contribution >= 4 is 39.5 Å². The highest BCUT2D eigenvalue weighted by atomic mass is 32.1. The van der Waals surface area contributed by atoms with E-state index < -0.39 is 4.92 Å². The first-order valence-corrected chi connectivity index (χ1v) is 8.92. The summed E-state index contributed by atoms with van der Waals surface area (Å²) in [5.41, 5.74) is 2.25. The number of hydrogen-bond acceptors (Lipinski definition) is 7. The summed E-state index contributed by atoms with van der Waals surface area (Å²) in [5, 5.41) is 27.7. The topological polar surface area (TPSA) is 106 Å². The van der Waals surface area contributed by atoms with Crippen molar-refractivity contribution in [3.05, 3.63) is 63.8 Å². The quantitative estimate of drug-likeness (QED) is 0.378. The summed E-state index contributed by atoms with van der Waals surface area (Å²) < 4.78 is 0. The third-order valence-corrected chi connectivity index (χ3v) is 4.38. The van der Waals surface area contributed by atoms with E-state index in [1.54, 1.807) is 18.3 Å². The van der Waals surface area contributed by atoms with Gasteiger partial charge in [-0.15, -0.1) is 11.3 Å². The molecular weight excluding hydrogens is 372 g/mol. The lowest BCUT2D eigenvalue weighted by molar-refractivity contribution is -0.384. The Morgan fingerprint density at radius 1 is 1.31 bits per heavy atom. The van der Waals surface area contributed by atoms with E-state index >= 15 is 0 Å². The van der Waals surface area contributed by atoms with E-state index in [-0.39, 0.29) is 5.69 Å². The molecule has 132 valence electrons. The molecule has 0 saturated heterocycles. The first-order valence-electron chi connectivity index (χ1n) is 7.63. The predicted molar refractivity (Wildman–Crippen MR) is 104 cm³/mol. The van der Waals surface area contributed by atoms with Gasteiger partial charge in [-0.2, -0.15) is 10.2 Å². The number of nitrogens with zero attached hydrogens (tertiary/aromatic N) is 4. The van der Waals surface area contributed by atoms with Crippen molar-refractivity contribution in [2.45, 2.75) is 6.42 Å². The van der Waals surface area contributed by atoms with Crippen LogP contribution in [-0.2, 0) is 6.42 Å². The maximum Gasteiger partial charge on any atom is 0.270 e. The highest BCUT2D eigenvalue weighted by molar-refractivity contribution is 7.80. The maximum atomic E-state index is 10.9. The molecule has 0 aliphatic heterocycles. The predicted octanol–water partition coefficient (Wildman–Crippen LogP) is 3.04. The second-order valence-corrected chi connectivity index (χ2v) is 6.46. The molecule has 0 saturated carbocycles. The molecular formula is C16H14N6O2S2. The summed E-state index contributed by atoms with van der Waals surface area (Å²) in [6, 6.07) is 10.1. The van der Waals surface area contributed by atoms with E-state index in [9.17, 15) is 10.1 Å². The number of rotatable bonds is 6. The molecule has 0 radical (unpaired) electrons. The van der Waals surface area contributed by atoms with Crippen LogP contribution in [0.15, 0.2) is 48.0 Å². The van der Waals surface area contributed by atoms with Crippen molar-refractivity contribution in [1.29, 1.82) is 0 Å². The average molecular weight is 386 g/mol. The Bertz CT molecular complexity index is 916. The van der Waals surface area contributed by atoms with Gasteiger partial charge in [0.05, 0.1) is 16.3 Å². The minimum Gasteiger partial charge on any atom is -0.362 e. The normalized spacial score (nSPS) is 10.3. The van der Waals surface area contributed by atoms with Crippen molar-refractivity contribution in [3.63, 3.8) is 0 Å². The maximum absolute atomic E-state index is 10.9. The molecule has 3 rings (SSSR count). The van der Waals surface area contributed by atoms with Crippen molar-refractivity contribution in [3.8, 4) is 11.3 Å². The number of anilines is 1. The second kappa shape index (κ2) is 8.41. The molecule has 0 amide bonds. The van der Waals surface area contributed by atoms with Crippen LogP contribution in [0, 0.1) is 10.1 Å². The van der Waals surface area contributed by atoms with Crippen LogP contribution in [0.1, 0.15) is 5.69 Å². The zero-order valence-corrected chi connectivity index (χ0v) is 15.1. The van der Waals surface area contributed by atoms with E-state index in [0.29, 0.717) is 34.5 Å². The van der Waals surface area contributed by atoms with E-state index in [0.717, 1.165) is 5.69 Å². The third kappa shape index (κ3) is 4.77. The first kappa shape index (κ1) is 17.8. The number of nitro groups is 1. The summed E-state index contributed by atoms with van der Waals surface area (Å²) in [5.74, 6) is 0. The molecule has 8 nitrogen and oxygen atoms in total. The van der Waals surface area contributed by atoms with E-state index in [2.05, 4.69) is 25.8 Å². The summed E-state index contributed by atoms with van der Waals surface area (Å²) in [4.78, 5) is 14.9. The highest BCUT2D eigenvalue weighted by Gasteiger charge is 2.10. The number of thiazole rings is 1. The fourth-order valence-corrected chi connectivity index (χ4v) is 3.14. The van der Waals surface area contributed by atoms with Gasteiger partial charge < -0.3 is 10.6 Å². The van der Waals surface area contributed by atoms with Crippen LogP contribution in [0.4, 0.5) is 10.8 Å². The summed E-state index contributed by atoms with van der Waals surface area (Å²) in [6.45, 7) is 0.619. The van der Waals surface area contributed by atoms with Gasteiger partial charge in [0.15, 0.2) is 10.2 Å². The van der Waals surface area contributed by atoms with Gasteiger partial charge in [0, 0.05) is 42.2 Å². The molecule has 2 heterocycles. The molecule has 2 aromatic heterocycles. The van der Waals surface area contributed by atoms with Crippen molar-refractivity contribution in [2.24, 2.45) is 0 Å². The standard InChI is InChI=1S/C16H14N6O2S2/c23-22(24)13-5-1-3-11(9-13)14-10-26-16(19-14)20-15(25)17-8-6-12-4-2-7-18-21-12/h1-5,7,9-10H,6,8H2,(H2,17,19,20,25). The van der Waals surface area contributed by atoms with Gasteiger partial charge in [-0.3, -0.25) is 10.1 Å². The molecule has 0 aliphatic carbocycles. The Kier molecular flexibility index (Phi) is 5.77. The van der Waals surface area contributed by atoms with Gasteiger partial charge in [0.2, 0.25) is 0 Å². The molecule has 0 spiro atoms. The van der Waals surface area contributed by atoms with Crippen LogP contribution in [0.25, 0.3) is 11.3 Å². The SMILES string of the molecule is O=[N+]([O-])c1cccc(-c2csc(NC(=S)NCCc3cccnn3)n2)c1. The number of nitrogens with one attached hydrogen (secondary N) is 2. The monoisotopic (exact) mass is 386 g/mol. The van der Waals surface area contributed by atoms with Gasteiger partial charge in [-0.25, -0.2) is 4.98 Å². The summed E-state index contributed by atoms with van der Waals surface area (Å²) >= 11 is 6.63. The van der Waals surface area contributed by atoms with Crippen LogP contribution in [0.5, 0.6) is 0 Å². The minimum absolute atomic E-state index is 0.0335. The Balaban J connectivity index is 1.55. The van der Waals surface area contributed by atoms with Gasteiger partial charge in [-0.1, -0.05) is 12.1 Å². The Morgan fingerprint density at radius 3 is 2.96 bits per heavy atom. The molecule has 2 N–H and O–H groups in total. The molecule has 0 atom stereocenters. The zero-order chi connectivity index (χ0) is 18.4. The fraction of sp³-hybridized carbons (Fsp3) is 0.125. The fourth-order valence-electron chi connectivity index (χ4n) is 2.15. The van der Waals surface area contributed by atoms with Crippen LogP contribution in [0.2, 0.25) is 0 Å². The molecule has 10 heteroatoms. The zero-order valence-electron chi connectivity index (χ0n) is 13.5. The Labute approximate surface area is 158 Å². The van der Waals surface area contributed by atoms with Crippen LogP contribution in [-0.4, -0.2) is 31.8 Å². The lowest BCUT2D eigenvalue weighted by atomic mass is 10.1. The number of benzene rings is 1. The minimum atomic E-state index is -0.425. The Morgan fingerprint density at radius 2 is 2.19 bits per heavy atom. The molecule has 26 heavy (non-hydrogen) atoms. The Hall–Kier alpha value is -2.98. The number of nitro benzene ring substituents is 1. The summed E-state index contributed by atoms with van der Waals surface area (Å²) in [7, 11) is 0. The molecule has 0 fully saturated rings. The largest absolute Gasteiger partial charge is 0.362 e. The van der Waals surface area contributed by atoms with Crippen LogP contribution >= 0.6 is 23.6 Å². The number of non-ortho nitro benzene ring substituents is 1. The summed E-state index contributed by atoms with van der Waals surface area (Å²) in [6.07, 6.45) is 2.33. The van der Waals surface area contributed by atoms with Gasteiger partial charge in [-0.05, 0) is 24.4 Å². The van der Waals surface area contributed by atoms with E-state index in [1.165, 1.54) is 23.5 Å². The van der Waals surface area contributed by atoms with Gasteiger partial charge in [0.25, 0.3) is 5.69 Å². The lowest BCUT2D eigenvalue weighted by Crippen LogP contribution is -2.30. The van der Waals surface area contributed by atoms with Gasteiger partial charge >= 0.3 is 0 Å². The van der Waals surface area contributed by atoms with Crippen molar-refractivity contribution in [1.82, 2.24) is 20.5 Å². The third-order valence-electron chi connectivity index (χ3n) is 3.37. The smallest absolute Gasteiger partial charge is 0.270 e. The van der Waals surface area contributed by atoms with E-state index in [1.807, 2.05) is 17.5 Å². The number of thiocarbonyl (C=S) groups is 1. The van der Waals surface area contributed by atoms with E-state index in [4.69, 9.17) is 12.2 Å². The number of hydrogen-bond donors (Lipinski definition) is 2. The second-order valence-electron chi connectivity index (χ2n) is 5.19. The highest BCUT2D eigenvalue weighted by Crippen LogP contribution is 2.27. The average Bonchev–Trinajstić information content (AvgIpc) is 3.11. The molecule has 1 aromatic carbocycles. The van der Waals surface area contributed by atoms with Gasteiger partial charge in [0.1, 0.15) is 0 Å². The first-order chi connectivity index (χ1) is 12.6. The van der Waals surface area contributed by atoms with Crippen molar-refractivity contribution < 1.29 is 4.92 Å². The van der Waals surface area contributed by atoms with Crippen molar-refractivity contribution in [2.75, 3.05) is 11.9 Å². The molecule has 0 aliphatic rings. The van der Waals surface area contributed by atoms with Crippen LogP contribution < -0.4 is 10.6 Å².